The molecule has 0 spiro atoms. The molecule has 0 bridgehead atoms. The van der Waals surface area contributed by atoms with Crippen molar-refractivity contribution in [3.63, 3.8) is 0 Å². The minimum atomic E-state index is -4.69. The van der Waals surface area contributed by atoms with E-state index >= 15 is 0 Å². The monoisotopic (exact) mass is 418 g/mol. The molecular weight excluding hydrogens is 397 g/mol. The Morgan fingerprint density at radius 2 is 1.93 bits per heavy atom. The number of nitrogens with one attached hydrogen (secondary N) is 1. The molecule has 0 saturated heterocycles. The van der Waals surface area contributed by atoms with E-state index in [1.807, 2.05) is 0 Å². The molecule has 3 unspecified atom stereocenters. The average molecular weight is 418 g/mol. The van der Waals surface area contributed by atoms with Gasteiger partial charge in [0, 0.05) is 23.6 Å². The highest BCUT2D eigenvalue weighted by Crippen LogP contribution is 2.37. The molecular formula is C17H21F3N4O3S. The second-order valence-corrected chi connectivity index (χ2v) is 8.92. The summed E-state index contributed by atoms with van der Waals surface area (Å²) < 4.78 is 69.3. The van der Waals surface area contributed by atoms with Crippen LogP contribution in [0.2, 0.25) is 0 Å². The minimum absolute atomic E-state index is 0.0167. The van der Waals surface area contributed by atoms with Crippen LogP contribution in [0, 0.1) is 5.92 Å². The van der Waals surface area contributed by atoms with Crippen LogP contribution in [-0.2, 0) is 14.8 Å². The Hall–Kier alpha value is -2.01. The van der Waals surface area contributed by atoms with Crippen LogP contribution in [0.15, 0.2) is 35.3 Å². The fraction of sp³-hybridized carbons (Fsp3) is 0.588. The molecule has 11 heteroatoms. The number of hydrogen-bond donors (Lipinski definition) is 1. The summed E-state index contributed by atoms with van der Waals surface area (Å²) in [5.74, 6) is -1.61. The third-order valence-corrected chi connectivity index (χ3v) is 6.66. The first kappa shape index (κ1) is 20.7. The fourth-order valence-corrected chi connectivity index (χ4v) is 5.06. The number of allylic oxidation sites excluding steroid dienone is 3. The zero-order valence-electron chi connectivity index (χ0n) is 15.2. The lowest BCUT2D eigenvalue weighted by molar-refractivity contribution is -0.120. The number of hydrogen-bond acceptors (Lipinski definition) is 5. The zero-order valence-corrected chi connectivity index (χ0v) is 16.0. The van der Waals surface area contributed by atoms with Crippen molar-refractivity contribution in [3.8, 4) is 0 Å². The highest BCUT2D eigenvalue weighted by Gasteiger charge is 2.39. The molecule has 1 heterocycles. The largest absolute Gasteiger partial charge is 0.412 e. The van der Waals surface area contributed by atoms with E-state index in [1.165, 1.54) is 0 Å². The van der Waals surface area contributed by atoms with Crippen LogP contribution < -0.4 is 4.72 Å². The Morgan fingerprint density at radius 3 is 2.54 bits per heavy atom. The predicted octanol–water partition coefficient (Wildman–Crippen LogP) is 2.66. The Bertz CT molecular complexity index is 891. The van der Waals surface area contributed by atoms with Gasteiger partial charge in [0.15, 0.2) is 0 Å². The SMILES string of the molecule is CC(=O)C1C=C(S(=O)(=O)NC2CCCC(n3cnnc3)C2)C=C(C(F)(F)F)C1. The van der Waals surface area contributed by atoms with E-state index in [9.17, 15) is 26.4 Å². The summed E-state index contributed by atoms with van der Waals surface area (Å²) in [6.45, 7) is 1.16. The molecule has 2 aliphatic carbocycles. The molecule has 0 amide bonds. The van der Waals surface area contributed by atoms with Gasteiger partial charge in [-0.25, -0.2) is 13.1 Å². The van der Waals surface area contributed by atoms with Gasteiger partial charge in [-0.05, 0) is 45.1 Å². The van der Waals surface area contributed by atoms with Gasteiger partial charge in [0.05, 0.1) is 4.91 Å². The van der Waals surface area contributed by atoms with Crippen molar-refractivity contribution in [2.45, 2.75) is 57.3 Å². The minimum Gasteiger partial charge on any atom is -0.317 e. The first-order valence-corrected chi connectivity index (χ1v) is 10.4. The second-order valence-electron chi connectivity index (χ2n) is 7.21. The maximum atomic E-state index is 13.2. The van der Waals surface area contributed by atoms with Crippen LogP contribution in [0.1, 0.15) is 45.1 Å². The molecule has 1 aromatic rings. The topological polar surface area (TPSA) is 94.0 Å². The van der Waals surface area contributed by atoms with Gasteiger partial charge in [-0.3, -0.25) is 4.79 Å². The lowest BCUT2D eigenvalue weighted by Crippen LogP contribution is -2.39. The standard InChI is InChI=1S/C17H21F3N4O3S/c1-11(25)12-5-13(17(18,19)20)7-16(6-12)28(26,27)23-14-3-2-4-15(8-14)24-9-21-22-10-24/h6-7,9-10,12,14-15,23H,2-5,8H2,1H3. The number of rotatable bonds is 5. The number of carbonyl (C=O) groups excluding carboxylic acids is 1. The number of Topliss-reactive ketones (excluding diaryl/α,β-unsaturated/α-hetero) is 1. The molecule has 2 aliphatic rings. The van der Waals surface area contributed by atoms with E-state index in [-0.39, 0.29) is 6.04 Å². The van der Waals surface area contributed by atoms with Gasteiger partial charge < -0.3 is 4.57 Å². The van der Waals surface area contributed by atoms with Crippen molar-refractivity contribution in [3.05, 3.63) is 35.3 Å². The predicted molar refractivity (Wildman–Crippen MR) is 94.4 cm³/mol. The Labute approximate surface area is 160 Å². The van der Waals surface area contributed by atoms with Gasteiger partial charge >= 0.3 is 6.18 Å². The zero-order chi connectivity index (χ0) is 20.5. The molecule has 3 atom stereocenters. The van der Waals surface area contributed by atoms with Crippen LogP contribution >= 0.6 is 0 Å². The van der Waals surface area contributed by atoms with E-state index in [1.54, 1.807) is 17.2 Å². The number of aromatic nitrogens is 3. The summed E-state index contributed by atoms with van der Waals surface area (Å²) in [7, 11) is -4.19. The van der Waals surface area contributed by atoms with Crippen LogP contribution in [0.3, 0.4) is 0 Å². The van der Waals surface area contributed by atoms with Crippen molar-refractivity contribution in [1.82, 2.24) is 19.5 Å². The molecule has 3 rings (SSSR count). The summed E-state index contributed by atoms with van der Waals surface area (Å²) in [6.07, 6.45) is 2.28. The maximum Gasteiger partial charge on any atom is 0.412 e. The van der Waals surface area contributed by atoms with Crippen molar-refractivity contribution in [2.24, 2.45) is 5.92 Å². The van der Waals surface area contributed by atoms with Crippen LogP contribution in [-0.4, -0.2) is 41.2 Å². The molecule has 7 nitrogen and oxygen atoms in total. The van der Waals surface area contributed by atoms with Crippen LogP contribution in [0.4, 0.5) is 13.2 Å². The maximum absolute atomic E-state index is 13.2. The first-order valence-electron chi connectivity index (χ1n) is 8.93. The fourth-order valence-electron chi connectivity index (χ4n) is 3.63. The lowest BCUT2D eigenvalue weighted by atomic mass is 9.91. The molecule has 1 fully saturated rings. The molecule has 154 valence electrons. The molecule has 1 saturated carbocycles. The third kappa shape index (κ3) is 4.69. The highest BCUT2D eigenvalue weighted by molar-refractivity contribution is 7.93. The van der Waals surface area contributed by atoms with E-state index in [2.05, 4.69) is 14.9 Å². The Morgan fingerprint density at radius 1 is 1.25 bits per heavy atom. The van der Waals surface area contributed by atoms with E-state index in [0.717, 1.165) is 25.8 Å². The quantitative estimate of drug-likeness (QED) is 0.794. The van der Waals surface area contributed by atoms with Crippen molar-refractivity contribution >= 4 is 15.8 Å². The van der Waals surface area contributed by atoms with Crippen molar-refractivity contribution < 1.29 is 26.4 Å². The summed E-state index contributed by atoms with van der Waals surface area (Å²) in [5.41, 5.74) is -1.01. The molecule has 0 aromatic carbocycles. The lowest BCUT2D eigenvalue weighted by Gasteiger charge is -2.30. The highest BCUT2D eigenvalue weighted by atomic mass is 32.2. The number of alkyl halides is 3. The number of carbonyl (C=O) groups is 1. The van der Waals surface area contributed by atoms with Gasteiger partial charge in [-0.2, -0.15) is 13.2 Å². The van der Waals surface area contributed by atoms with Gasteiger partial charge in [0.1, 0.15) is 18.4 Å². The number of halogens is 3. The smallest absolute Gasteiger partial charge is 0.317 e. The first-order chi connectivity index (χ1) is 13.1. The van der Waals surface area contributed by atoms with Crippen molar-refractivity contribution in [1.29, 1.82) is 0 Å². The second kappa shape index (κ2) is 7.78. The molecule has 1 N–H and O–H groups in total. The summed E-state index contributed by atoms with van der Waals surface area (Å²) in [4.78, 5) is 11.1. The number of sulfonamides is 1. The number of nitrogens with zero attached hydrogens (tertiary/aromatic N) is 3. The van der Waals surface area contributed by atoms with Crippen LogP contribution in [0.5, 0.6) is 0 Å². The van der Waals surface area contributed by atoms with Crippen molar-refractivity contribution in [2.75, 3.05) is 0 Å². The van der Waals surface area contributed by atoms with E-state index < -0.39 is 50.8 Å². The van der Waals surface area contributed by atoms with Gasteiger partial charge in [0.2, 0.25) is 10.0 Å². The van der Waals surface area contributed by atoms with Crippen LogP contribution in [0.25, 0.3) is 0 Å². The normalized spacial score (nSPS) is 26.5. The summed E-state index contributed by atoms with van der Waals surface area (Å²) in [5, 5.41) is 7.49. The molecule has 1 aromatic heterocycles. The Balaban J connectivity index is 1.80. The van der Waals surface area contributed by atoms with Gasteiger partial charge in [-0.15, -0.1) is 10.2 Å². The summed E-state index contributed by atoms with van der Waals surface area (Å²) >= 11 is 0. The summed E-state index contributed by atoms with van der Waals surface area (Å²) in [6, 6.07) is -0.407. The average Bonchev–Trinajstić information content (AvgIpc) is 3.15. The molecule has 28 heavy (non-hydrogen) atoms. The third-order valence-electron chi connectivity index (χ3n) is 5.14. The molecule has 0 aliphatic heterocycles. The number of ketones is 1. The van der Waals surface area contributed by atoms with Gasteiger partial charge in [-0.1, -0.05) is 6.08 Å². The van der Waals surface area contributed by atoms with Gasteiger partial charge in [0.25, 0.3) is 0 Å². The van der Waals surface area contributed by atoms with E-state index in [0.29, 0.717) is 18.9 Å². The Kier molecular flexibility index (Phi) is 5.76. The molecule has 0 radical (unpaired) electrons. The van der Waals surface area contributed by atoms with E-state index in [4.69, 9.17) is 0 Å².